The maximum absolute atomic E-state index is 14.8. The van der Waals surface area contributed by atoms with Crippen molar-refractivity contribution in [3.05, 3.63) is 6.33 Å². The molecule has 0 saturated carbocycles. The van der Waals surface area contributed by atoms with Gasteiger partial charge in [-0.3, -0.25) is 8.61 Å². The van der Waals surface area contributed by atoms with Gasteiger partial charge in [-0.15, -0.1) is 0 Å². The highest BCUT2D eigenvalue weighted by atomic mass is 32.2. The molecule has 0 spiro atoms. The van der Waals surface area contributed by atoms with Gasteiger partial charge in [-0.1, -0.05) is 0 Å². The minimum Gasteiger partial charge on any atom is -0.254 e. The van der Waals surface area contributed by atoms with Crippen LogP contribution in [0.1, 0.15) is 13.8 Å². The smallest absolute Gasteiger partial charge is 0.254 e. The van der Waals surface area contributed by atoms with Gasteiger partial charge in [-0.25, -0.2) is 18.4 Å². The summed E-state index contributed by atoms with van der Waals surface area (Å²) in [4.78, 5) is 7.44. The SMILES string of the molecule is CCN(c1ncnc(N(CC)S(=O)C(F)(F)C(F)(F)C(F)(F)C(F)(F)C(F)(F)C(F)(F)C(F)(F)C(F)(F)F)n1)S(=O)C(F)(F)C(F)(F)C(F)(F)C(F)(F)C(F)(F)C(F)(F)C(F)(F)C(F)(F)F. The van der Waals surface area contributed by atoms with Gasteiger partial charge >= 0.3 is 93.9 Å². The molecular weight excluding hydrogens is 1090 g/mol. The zero-order valence-electron chi connectivity index (χ0n) is 29.7. The first-order chi connectivity index (χ1) is 28.4. The molecule has 66 heavy (non-hydrogen) atoms. The Bertz CT molecular complexity index is 1830. The first-order valence-electron chi connectivity index (χ1n) is 14.9. The third-order valence-electron chi connectivity index (χ3n) is 7.79. The molecule has 1 rings (SSSR count). The van der Waals surface area contributed by atoms with Crippen LogP contribution in [0.5, 0.6) is 0 Å². The standard InChI is InChI=1S/C23H11F34N5O2S2/c1-3-61(65(63)22(54,55)18(44,45)14(36,37)10(28,29)8(24,25)12(32,33)16(40,41)20(48,49)50)6-58-5-59-7(60-6)62(4-2)66(64)23(56,57)19(46,47)15(38,39)11(30,31)9(26,27)13(34,35)17(42,43)21(51,52)53/h5H,3-4H2,1-2H3. The molecule has 1 heterocycles. The normalized spacial score (nSPS) is 16.9. The Balaban J connectivity index is 3.93. The third kappa shape index (κ3) is 7.92. The van der Waals surface area contributed by atoms with E-state index >= 15 is 0 Å². The van der Waals surface area contributed by atoms with Crippen molar-refractivity contribution >= 4 is 33.9 Å². The molecule has 0 bridgehead atoms. The first kappa shape index (κ1) is 60.5. The van der Waals surface area contributed by atoms with Gasteiger partial charge in [0.2, 0.25) is 33.9 Å². The van der Waals surface area contributed by atoms with E-state index in [1.807, 2.05) is 0 Å². The van der Waals surface area contributed by atoms with E-state index in [1.165, 1.54) is 0 Å². The maximum Gasteiger partial charge on any atom is 0.460 e. The summed E-state index contributed by atoms with van der Waals surface area (Å²) in [5.74, 6) is -113. The average molecular weight is 1100 g/mol. The van der Waals surface area contributed by atoms with Crippen LogP contribution in [-0.4, -0.2) is 130 Å². The van der Waals surface area contributed by atoms with Crippen LogP contribution in [0.2, 0.25) is 0 Å². The van der Waals surface area contributed by atoms with Crippen LogP contribution in [0, 0.1) is 0 Å². The number of anilines is 2. The fourth-order valence-electron chi connectivity index (χ4n) is 3.98. The zero-order valence-corrected chi connectivity index (χ0v) is 31.3. The van der Waals surface area contributed by atoms with Gasteiger partial charge in [0.25, 0.3) is 0 Å². The number of halogens is 34. The summed E-state index contributed by atoms with van der Waals surface area (Å²) >= 11 is 0. The Morgan fingerprint density at radius 1 is 0.348 bits per heavy atom. The quantitative estimate of drug-likeness (QED) is 0.122. The highest BCUT2D eigenvalue weighted by Crippen LogP contribution is 2.66. The molecule has 7 nitrogen and oxygen atoms in total. The molecule has 0 aliphatic heterocycles. The Kier molecular flexibility index (Phi) is 15.2. The Morgan fingerprint density at radius 3 is 0.712 bits per heavy atom. The van der Waals surface area contributed by atoms with Crippen molar-refractivity contribution in [3.8, 4) is 0 Å². The highest BCUT2D eigenvalue weighted by molar-refractivity contribution is 7.87. The number of rotatable bonds is 20. The third-order valence-corrected chi connectivity index (χ3v) is 10.8. The minimum atomic E-state index is -9.24. The van der Waals surface area contributed by atoms with Crippen molar-refractivity contribution in [2.75, 3.05) is 21.7 Å². The molecule has 390 valence electrons. The fraction of sp³-hybridized carbons (Fsp3) is 0.870. The minimum absolute atomic E-state index is 0.0901. The number of alkyl halides is 34. The predicted molar refractivity (Wildman–Crippen MR) is 144 cm³/mol. The molecule has 0 amide bonds. The van der Waals surface area contributed by atoms with E-state index in [0.29, 0.717) is 0 Å². The Labute approximate surface area is 343 Å². The van der Waals surface area contributed by atoms with Crippen molar-refractivity contribution in [1.82, 2.24) is 15.0 Å². The molecule has 0 aliphatic rings. The topological polar surface area (TPSA) is 79.3 Å². The number of hydrogen-bond acceptors (Lipinski definition) is 5. The summed E-state index contributed by atoms with van der Waals surface area (Å²) in [5, 5.41) is -15.8. The van der Waals surface area contributed by atoms with Gasteiger partial charge in [-0.05, 0) is 13.8 Å². The highest BCUT2D eigenvalue weighted by Gasteiger charge is 2.97. The Hall–Kier alpha value is -3.47. The molecule has 2 atom stereocenters. The molecule has 43 heteroatoms. The lowest BCUT2D eigenvalue weighted by atomic mass is 9.91. The molecular formula is C23H11F34N5O2S2. The van der Waals surface area contributed by atoms with Gasteiger partial charge < -0.3 is 0 Å². The molecule has 2 unspecified atom stereocenters. The van der Waals surface area contributed by atoms with Crippen LogP contribution in [0.3, 0.4) is 0 Å². The zero-order chi connectivity index (χ0) is 53.7. The van der Waals surface area contributed by atoms with Gasteiger partial charge in [0.05, 0.1) is 0 Å². The summed E-state index contributed by atoms with van der Waals surface area (Å²) in [5.41, 5.74) is 0. The molecule has 1 aromatic heterocycles. The molecule has 0 saturated heterocycles. The van der Waals surface area contributed by atoms with Crippen molar-refractivity contribution in [3.63, 3.8) is 0 Å². The van der Waals surface area contributed by atoms with Crippen LogP contribution in [0.4, 0.5) is 161 Å². The predicted octanol–water partition coefficient (Wildman–Crippen LogP) is 10.8. The molecule has 0 fully saturated rings. The van der Waals surface area contributed by atoms with Crippen molar-refractivity contribution in [1.29, 1.82) is 0 Å². The van der Waals surface area contributed by atoms with Crippen LogP contribution in [-0.2, 0) is 22.0 Å². The van der Waals surface area contributed by atoms with E-state index in [1.54, 1.807) is 0 Å². The average Bonchev–Trinajstić information content (AvgIpc) is 3.13. The van der Waals surface area contributed by atoms with E-state index in [-0.39, 0.29) is 13.8 Å². The fourth-order valence-corrected chi connectivity index (χ4v) is 6.17. The lowest BCUT2D eigenvalue weighted by Gasteiger charge is -2.43. The van der Waals surface area contributed by atoms with Crippen molar-refractivity contribution < 1.29 is 158 Å². The van der Waals surface area contributed by atoms with Crippen molar-refractivity contribution in [2.24, 2.45) is 0 Å². The van der Waals surface area contributed by atoms with Gasteiger partial charge in [0, 0.05) is 13.1 Å². The molecule has 0 N–H and O–H groups in total. The van der Waals surface area contributed by atoms with E-state index in [2.05, 4.69) is 15.0 Å². The molecule has 1 aromatic rings. The second-order valence-electron chi connectivity index (χ2n) is 11.9. The monoisotopic (exact) mass is 1100 g/mol. The molecule has 0 aromatic carbocycles. The summed E-state index contributed by atoms with van der Waals surface area (Å²) in [7, 11) is -11.9. The summed E-state index contributed by atoms with van der Waals surface area (Å²) in [6, 6.07) is 0. The number of hydrogen-bond donors (Lipinski definition) is 0. The van der Waals surface area contributed by atoms with Gasteiger partial charge in [-0.2, -0.15) is 154 Å². The van der Waals surface area contributed by atoms with Crippen LogP contribution < -0.4 is 8.61 Å². The second-order valence-corrected chi connectivity index (χ2v) is 14.8. The van der Waals surface area contributed by atoms with E-state index in [4.69, 9.17) is 0 Å². The number of aromatic nitrogens is 3. The van der Waals surface area contributed by atoms with E-state index in [9.17, 15) is 158 Å². The van der Waals surface area contributed by atoms with Gasteiger partial charge in [0.1, 0.15) is 6.33 Å². The summed E-state index contributed by atoms with van der Waals surface area (Å²) in [6.45, 7) is -3.86. The van der Waals surface area contributed by atoms with E-state index < -0.39 is 156 Å². The first-order valence-corrected chi connectivity index (χ1v) is 17.2. The Morgan fingerprint density at radius 2 is 0.530 bits per heavy atom. The lowest BCUT2D eigenvalue weighted by Crippen LogP contribution is -2.75. The van der Waals surface area contributed by atoms with Crippen molar-refractivity contribution in [2.45, 2.75) is 108 Å². The molecule has 0 aliphatic carbocycles. The largest absolute Gasteiger partial charge is 0.460 e. The maximum atomic E-state index is 14.8. The lowest BCUT2D eigenvalue weighted by molar-refractivity contribution is -0.458. The molecule has 0 radical (unpaired) electrons. The van der Waals surface area contributed by atoms with Gasteiger partial charge in [0.15, 0.2) is 0 Å². The van der Waals surface area contributed by atoms with E-state index in [0.717, 1.165) is 0 Å². The van der Waals surface area contributed by atoms with Crippen LogP contribution >= 0.6 is 0 Å². The van der Waals surface area contributed by atoms with Crippen LogP contribution in [0.15, 0.2) is 6.33 Å². The summed E-state index contributed by atoms with van der Waals surface area (Å²) < 4.78 is 487. The van der Waals surface area contributed by atoms with Crippen LogP contribution in [0.25, 0.3) is 0 Å². The second kappa shape index (κ2) is 16.6. The number of nitrogens with zero attached hydrogens (tertiary/aromatic N) is 5. The summed E-state index contributed by atoms with van der Waals surface area (Å²) in [6.07, 6.45) is -16.9.